The first-order valence-electron chi connectivity index (χ1n) is 8.79. The van der Waals surface area contributed by atoms with Gasteiger partial charge >= 0.3 is 0 Å². The molecule has 0 bridgehead atoms. The Morgan fingerprint density at radius 3 is 2.37 bits per heavy atom. The summed E-state index contributed by atoms with van der Waals surface area (Å²) in [4.78, 5) is 30.7. The second-order valence-corrected chi connectivity index (χ2v) is 8.12. The molecule has 2 amide bonds. The first-order chi connectivity index (χ1) is 13.0. The fraction of sp³-hybridized carbons (Fsp3) is 0.300. The molecule has 140 valence electrons. The Bertz CT molecular complexity index is 915. The summed E-state index contributed by atoms with van der Waals surface area (Å²) < 4.78 is 5.80. The van der Waals surface area contributed by atoms with Crippen molar-refractivity contribution in [2.75, 3.05) is 18.0 Å². The van der Waals surface area contributed by atoms with Crippen LogP contribution in [0.2, 0.25) is 5.02 Å². The highest BCUT2D eigenvalue weighted by Crippen LogP contribution is 2.39. The predicted octanol–water partition coefficient (Wildman–Crippen LogP) is 3.80. The standard InChI is InChI=1S/C20H19ClN2O3S/c1-12-10-22(11-13(2)26-12)18-17(16-8-5-9-27-16)19(24)23(20(18)25)15-7-4-3-6-14(15)21/h3-9,12-13H,10-11H2,1-2H3. The summed E-state index contributed by atoms with van der Waals surface area (Å²) in [6.07, 6.45) is -0.0498. The maximum Gasteiger partial charge on any atom is 0.282 e. The maximum absolute atomic E-state index is 13.4. The predicted molar refractivity (Wildman–Crippen MR) is 107 cm³/mol. The Morgan fingerprint density at radius 2 is 1.74 bits per heavy atom. The number of para-hydroxylation sites is 1. The molecule has 3 heterocycles. The molecule has 1 saturated heterocycles. The van der Waals surface area contributed by atoms with E-state index in [1.807, 2.05) is 36.3 Å². The van der Waals surface area contributed by atoms with Crippen molar-refractivity contribution >= 4 is 46.0 Å². The number of halogens is 1. The largest absolute Gasteiger partial charge is 0.372 e. The van der Waals surface area contributed by atoms with Gasteiger partial charge in [-0.05, 0) is 37.4 Å². The van der Waals surface area contributed by atoms with Crippen LogP contribution in [0.25, 0.3) is 5.57 Å². The van der Waals surface area contributed by atoms with Crippen molar-refractivity contribution in [1.29, 1.82) is 0 Å². The third-order valence-electron chi connectivity index (χ3n) is 4.66. The first kappa shape index (κ1) is 18.2. The second-order valence-electron chi connectivity index (χ2n) is 6.76. The smallest absolute Gasteiger partial charge is 0.282 e. The van der Waals surface area contributed by atoms with E-state index in [0.29, 0.717) is 35.1 Å². The quantitative estimate of drug-likeness (QED) is 0.733. The molecule has 2 atom stereocenters. The Kier molecular flexibility index (Phi) is 4.80. The molecule has 0 radical (unpaired) electrons. The van der Waals surface area contributed by atoms with E-state index in [4.69, 9.17) is 16.3 Å². The van der Waals surface area contributed by atoms with Crippen molar-refractivity contribution in [3.8, 4) is 0 Å². The molecular weight excluding hydrogens is 384 g/mol. The molecule has 2 aliphatic heterocycles. The molecule has 0 aliphatic carbocycles. The van der Waals surface area contributed by atoms with Gasteiger partial charge in [0.2, 0.25) is 0 Å². The fourth-order valence-electron chi connectivity index (χ4n) is 3.67. The van der Waals surface area contributed by atoms with E-state index in [-0.39, 0.29) is 24.0 Å². The molecule has 1 aromatic carbocycles. The van der Waals surface area contributed by atoms with Gasteiger partial charge < -0.3 is 9.64 Å². The SMILES string of the molecule is CC1CN(C2=C(c3cccs3)C(=O)N(c3ccccc3Cl)C2=O)CC(C)O1. The number of amides is 2. The van der Waals surface area contributed by atoms with Crippen molar-refractivity contribution in [2.24, 2.45) is 0 Å². The molecule has 7 heteroatoms. The van der Waals surface area contributed by atoms with Crippen molar-refractivity contribution < 1.29 is 14.3 Å². The van der Waals surface area contributed by atoms with Gasteiger partial charge in [-0.25, -0.2) is 4.90 Å². The Morgan fingerprint density at radius 1 is 1.04 bits per heavy atom. The van der Waals surface area contributed by atoms with Crippen LogP contribution in [0, 0.1) is 0 Å². The molecule has 5 nitrogen and oxygen atoms in total. The minimum atomic E-state index is -0.336. The summed E-state index contributed by atoms with van der Waals surface area (Å²) in [6.45, 7) is 5.07. The molecule has 4 rings (SSSR count). The lowest BCUT2D eigenvalue weighted by Gasteiger charge is -2.37. The van der Waals surface area contributed by atoms with Crippen molar-refractivity contribution in [3.05, 3.63) is 57.4 Å². The zero-order valence-electron chi connectivity index (χ0n) is 15.0. The number of thiophene rings is 1. The lowest BCUT2D eigenvalue weighted by Crippen LogP contribution is -2.47. The van der Waals surface area contributed by atoms with E-state index in [2.05, 4.69) is 0 Å². The van der Waals surface area contributed by atoms with Gasteiger partial charge in [0.1, 0.15) is 5.70 Å². The minimum absolute atomic E-state index is 0.0249. The average Bonchev–Trinajstić information content (AvgIpc) is 3.21. The number of morpholine rings is 1. The van der Waals surface area contributed by atoms with Crippen molar-refractivity contribution in [3.63, 3.8) is 0 Å². The van der Waals surface area contributed by atoms with Crippen LogP contribution in [0.4, 0.5) is 5.69 Å². The molecule has 1 fully saturated rings. The summed E-state index contributed by atoms with van der Waals surface area (Å²) >= 11 is 7.74. The van der Waals surface area contributed by atoms with Crippen LogP contribution in [0.15, 0.2) is 47.5 Å². The van der Waals surface area contributed by atoms with Crippen LogP contribution >= 0.6 is 22.9 Å². The summed E-state index contributed by atoms with van der Waals surface area (Å²) in [6, 6.07) is 10.7. The zero-order chi connectivity index (χ0) is 19.1. The molecule has 0 N–H and O–H groups in total. The third-order valence-corrected chi connectivity index (χ3v) is 5.86. The lowest BCUT2D eigenvalue weighted by molar-refractivity contribution is -0.121. The molecule has 2 aliphatic rings. The molecular formula is C20H19ClN2O3S. The molecule has 0 spiro atoms. The number of hydrogen-bond donors (Lipinski definition) is 0. The van der Waals surface area contributed by atoms with Gasteiger partial charge in [-0.3, -0.25) is 9.59 Å². The second kappa shape index (κ2) is 7.11. The van der Waals surface area contributed by atoms with Gasteiger partial charge in [-0.2, -0.15) is 0 Å². The van der Waals surface area contributed by atoms with Crippen LogP contribution in [0.5, 0.6) is 0 Å². The van der Waals surface area contributed by atoms with Crippen LogP contribution < -0.4 is 4.90 Å². The number of imide groups is 1. The van der Waals surface area contributed by atoms with Gasteiger partial charge in [0, 0.05) is 18.0 Å². The van der Waals surface area contributed by atoms with Gasteiger partial charge in [-0.1, -0.05) is 29.8 Å². The Labute approximate surface area is 166 Å². The highest BCUT2D eigenvalue weighted by molar-refractivity contribution is 7.11. The van der Waals surface area contributed by atoms with Crippen LogP contribution in [0.1, 0.15) is 18.7 Å². The van der Waals surface area contributed by atoms with Crippen LogP contribution in [0.3, 0.4) is 0 Å². The normalized spacial score (nSPS) is 23.5. The molecule has 27 heavy (non-hydrogen) atoms. The van der Waals surface area contributed by atoms with Crippen molar-refractivity contribution in [2.45, 2.75) is 26.1 Å². The Hall–Kier alpha value is -2.15. The monoisotopic (exact) mass is 402 g/mol. The number of rotatable bonds is 3. The Balaban J connectivity index is 1.83. The summed E-state index contributed by atoms with van der Waals surface area (Å²) in [7, 11) is 0. The molecule has 2 unspecified atom stereocenters. The number of hydrogen-bond acceptors (Lipinski definition) is 5. The van der Waals surface area contributed by atoms with Gasteiger partial charge in [-0.15, -0.1) is 11.3 Å². The lowest BCUT2D eigenvalue weighted by atomic mass is 10.1. The topological polar surface area (TPSA) is 49.9 Å². The fourth-order valence-corrected chi connectivity index (χ4v) is 4.65. The number of carbonyl (C=O) groups is 2. The van der Waals surface area contributed by atoms with E-state index < -0.39 is 0 Å². The van der Waals surface area contributed by atoms with E-state index in [0.717, 1.165) is 4.88 Å². The number of carbonyl (C=O) groups excluding carboxylic acids is 2. The molecule has 1 aromatic heterocycles. The summed E-state index contributed by atoms with van der Waals surface area (Å²) in [5.41, 5.74) is 1.29. The van der Waals surface area contributed by atoms with Gasteiger partial charge in [0.25, 0.3) is 11.8 Å². The first-order valence-corrected chi connectivity index (χ1v) is 10.0. The third kappa shape index (κ3) is 3.18. The van der Waals surface area contributed by atoms with E-state index in [9.17, 15) is 9.59 Å². The molecule has 0 saturated carbocycles. The van der Waals surface area contributed by atoms with E-state index >= 15 is 0 Å². The number of benzene rings is 1. The number of nitrogens with zero attached hydrogens (tertiary/aromatic N) is 2. The zero-order valence-corrected chi connectivity index (χ0v) is 16.6. The average molecular weight is 403 g/mol. The van der Waals surface area contributed by atoms with Gasteiger partial charge in [0.05, 0.1) is 28.5 Å². The maximum atomic E-state index is 13.4. The van der Waals surface area contributed by atoms with E-state index in [1.165, 1.54) is 16.2 Å². The number of ether oxygens (including phenoxy) is 1. The minimum Gasteiger partial charge on any atom is -0.372 e. The van der Waals surface area contributed by atoms with Crippen LogP contribution in [-0.2, 0) is 14.3 Å². The van der Waals surface area contributed by atoms with Gasteiger partial charge in [0.15, 0.2) is 0 Å². The van der Waals surface area contributed by atoms with Crippen molar-refractivity contribution in [1.82, 2.24) is 4.90 Å². The highest BCUT2D eigenvalue weighted by Gasteiger charge is 2.44. The van der Waals surface area contributed by atoms with E-state index in [1.54, 1.807) is 24.3 Å². The highest BCUT2D eigenvalue weighted by atomic mass is 35.5. The number of anilines is 1. The summed E-state index contributed by atoms with van der Waals surface area (Å²) in [5.74, 6) is -0.671. The van der Waals surface area contributed by atoms with Crippen LogP contribution in [-0.4, -0.2) is 42.0 Å². The molecule has 2 aromatic rings. The summed E-state index contributed by atoms with van der Waals surface area (Å²) in [5, 5.41) is 2.27.